The molecular weight excluding hydrogens is 765 g/mol. The molecule has 0 aliphatic carbocycles. The summed E-state index contributed by atoms with van der Waals surface area (Å²) in [6.45, 7) is 2.08. The number of aryl methyl sites for hydroxylation is 1. The number of aromatic nitrogens is 4. The van der Waals surface area contributed by atoms with E-state index < -0.39 is 0 Å². The number of nitrogens with zero attached hydrogens (tertiary/aromatic N) is 4. The zero-order valence-corrected chi connectivity index (χ0v) is 34.8. The Hall–Kier alpha value is -8.34. The molecule has 0 aliphatic rings. The van der Waals surface area contributed by atoms with E-state index in [1.54, 1.807) is 0 Å². The van der Waals surface area contributed by atoms with E-state index in [0.29, 0.717) is 5.95 Å². The fraction of sp³-hybridized carbons (Fsp3) is 0.0169. The third kappa shape index (κ3) is 6.94. The second kappa shape index (κ2) is 16.3. The lowest BCUT2D eigenvalue weighted by Crippen LogP contribution is -2.04. The molecule has 3 aromatic heterocycles. The lowest BCUT2D eigenvalue weighted by atomic mass is 9.90. The highest BCUT2D eigenvalue weighted by molar-refractivity contribution is 6.20. The first-order chi connectivity index (χ1) is 31.2. The van der Waals surface area contributed by atoms with E-state index in [1.165, 1.54) is 49.4 Å². The summed E-state index contributed by atoms with van der Waals surface area (Å²) in [6, 6.07) is 83.5. The highest BCUT2D eigenvalue weighted by Gasteiger charge is 2.23. The van der Waals surface area contributed by atoms with Crippen molar-refractivity contribution in [3.63, 3.8) is 0 Å². The molecule has 0 atom stereocenters. The van der Waals surface area contributed by atoms with Gasteiger partial charge in [0.05, 0.1) is 33.5 Å². The van der Waals surface area contributed by atoms with E-state index in [0.717, 1.165) is 50.2 Å². The fourth-order valence-corrected chi connectivity index (χ4v) is 9.00. The highest BCUT2D eigenvalue weighted by Crippen LogP contribution is 2.45. The van der Waals surface area contributed by atoms with Crippen molar-refractivity contribution in [3.8, 4) is 56.4 Å². The largest absolute Gasteiger partial charge is 0.309 e. The Labute approximate surface area is 366 Å². The maximum Gasteiger partial charge on any atom is 0.235 e. The maximum absolute atomic E-state index is 5.31. The molecule has 0 bridgehead atoms. The molecule has 12 rings (SSSR count). The third-order valence-corrected chi connectivity index (χ3v) is 11.9. The van der Waals surface area contributed by atoms with Gasteiger partial charge >= 0.3 is 0 Å². The summed E-state index contributed by atoms with van der Waals surface area (Å²) in [7, 11) is 0. The lowest BCUT2D eigenvalue weighted by Gasteiger charge is -2.15. The standard InChI is InChI=1S/C52H34N4.C7H8/c1-5-17-35(18-6-1)40-30-32-49-51(50(40)38-29-31-48-43(33-38)41-25-13-15-27-46(41)55(48)39-23-11-4-12-24-39)42-26-14-16-28-47(42)56(49)52-53-44(36-19-7-2-8-20-36)34-45(54-52)37-21-9-3-10-22-37;1-7-5-3-2-4-6-7/h1-34H;2-6H,1H3. The smallest absolute Gasteiger partial charge is 0.235 e. The predicted octanol–water partition coefficient (Wildman–Crippen LogP) is 15.3. The van der Waals surface area contributed by atoms with Crippen molar-refractivity contribution in [2.45, 2.75) is 6.92 Å². The molecule has 0 fully saturated rings. The number of hydrogen-bond acceptors (Lipinski definition) is 2. The van der Waals surface area contributed by atoms with Crippen LogP contribution in [-0.4, -0.2) is 19.1 Å². The molecule has 0 N–H and O–H groups in total. The number of fused-ring (bicyclic) bond motifs is 6. The van der Waals surface area contributed by atoms with Crippen LogP contribution < -0.4 is 0 Å². The first-order valence-corrected chi connectivity index (χ1v) is 21.4. The van der Waals surface area contributed by atoms with Crippen LogP contribution in [0.3, 0.4) is 0 Å². The van der Waals surface area contributed by atoms with Gasteiger partial charge in [0.25, 0.3) is 0 Å². The van der Waals surface area contributed by atoms with Gasteiger partial charge in [-0.3, -0.25) is 4.57 Å². The van der Waals surface area contributed by atoms with Crippen LogP contribution in [0.15, 0.2) is 237 Å². The Morgan fingerprint density at radius 1 is 0.333 bits per heavy atom. The molecule has 0 radical (unpaired) electrons. The summed E-state index contributed by atoms with van der Waals surface area (Å²) >= 11 is 0. The molecule has 0 amide bonds. The van der Waals surface area contributed by atoms with Gasteiger partial charge in [-0.1, -0.05) is 194 Å². The topological polar surface area (TPSA) is 35.6 Å². The van der Waals surface area contributed by atoms with E-state index in [-0.39, 0.29) is 0 Å². The summed E-state index contributed by atoms with van der Waals surface area (Å²) in [4.78, 5) is 10.6. The first kappa shape index (κ1) is 37.6. The van der Waals surface area contributed by atoms with Crippen molar-refractivity contribution < 1.29 is 0 Å². The fourth-order valence-electron chi connectivity index (χ4n) is 9.00. The Kier molecular flexibility index (Phi) is 9.72. The molecular formula is C59H42N4. The molecule has 0 aliphatic heterocycles. The molecule has 298 valence electrons. The number of hydrogen-bond donors (Lipinski definition) is 0. The number of rotatable bonds is 6. The van der Waals surface area contributed by atoms with Gasteiger partial charge in [-0.2, -0.15) is 0 Å². The zero-order valence-electron chi connectivity index (χ0n) is 34.8. The van der Waals surface area contributed by atoms with Gasteiger partial charge in [0.1, 0.15) is 0 Å². The number of benzene rings is 9. The van der Waals surface area contributed by atoms with Gasteiger partial charge in [0.15, 0.2) is 0 Å². The van der Waals surface area contributed by atoms with Crippen molar-refractivity contribution >= 4 is 43.6 Å². The highest BCUT2D eigenvalue weighted by atomic mass is 15.2. The zero-order chi connectivity index (χ0) is 42.1. The maximum atomic E-state index is 5.31. The Morgan fingerprint density at radius 3 is 1.40 bits per heavy atom. The molecule has 3 heterocycles. The van der Waals surface area contributed by atoms with Gasteiger partial charge in [0, 0.05) is 38.4 Å². The molecule has 0 unspecified atom stereocenters. The summed E-state index contributed by atoms with van der Waals surface area (Å²) in [5.74, 6) is 0.635. The van der Waals surface area contributed by atoms with E-state index >= 15 is 0 Å². The van der Waals surface area contributed by atoms with Crippen LogP contribution >= 0.6 is 0 Å². The van der Waals surface area contributed by atoms with Crippen LogP contribution in [-0.2, 0) is 0 Å². The van der Waals surface area contributed by atoms with Crippen LogP contribution in [0.2, 0.25) is 0 Å². The third-order valence-electron chi connectivity index (χ3n) is 11.9. The molecule has 63 heavy (non-hydrogen) atoms. The van der Waals surface area contributed by atoms with Crippen LogP contribution in [0.4, 0.5) is 0 Å². The van der Waals surface area contributed by atoms with Gasteiger partial charge < -0.3 is 4.57 Å². The van der Waals surface area contributed by atoms with Crippen LogP contribution in [0.1, 0.15) is 5.56 Å². The summed E-state index contributed by atoms with van der Waals surface area (Å²) < 4.78 is 4.63. The SMILES string of the molecule is Cc1ccccc1.c1ccc(-c2cc(-c3ccccc3)nc(-n3c4ccccc4c4c(-c5ccc6c(c5)c5ccccc5n6-c5ccccc5)c(-c5ccccc5)ccc43)n2)cc1. The Balaban J connectivity index is 0.000000581. The summed E-state index contributed by atoms with van der Waals surface area (Å²) in [5, 5.41) is 4.76. The molecule has 12 aromatic rings. The molecule has 0 saturated heterocycles. The van der Waals surface area contributed by atoms with Crippen LogP contribution in [0.25, 0.3) is 100 Å². The summed E-state index contributed by atoms with van der Waals surface area (Å²) in [5.41, 5.74) is 15.5. The van der Waals surface area contributed by atoms with Crippen molar-refractivity contribution in [2.75, 3.05) is 0 Å². The number of para-hydroxylation sites is 3. The molecule has 4 heteroatoms. The molecule has 9 aromatic carbocycles. The van der Waals surface area contributed by atoms with Crippen molar-refractivity contribution in [3.05, 3.63) is 242 Å². The molecule has 0 saturated carbocycles. The van der Waals surface area contributed by atoms with Crippen molar-refractivity contribution in [1.29, 1.82) is 0 Å². The van der Waals surface area contributed by atoms with Gasteiger partial charge in [-0.05, 0) is 77.7 Å². The molecule has 0 spiro atoms. The van der Waals surface area contributed by atoms with Gasteiger partial charge in [-0.15, -0.1) is 0 Å². The first-order valence-electron chi connectivity index (χ1n) is 21.4. The van der Waals surface area contributed by atoms with Crippen LogP contribution in [0.5, 0.6) is 0 Å². The van der Waals surface area contributed by atoms with E-state index in [1.807, 2.05) is 30.3 Å². The average Bonchev–Trinajstić information content (AvgIpc) is 3.88. The Morgan fingerprint density at radius 2 is 0.810 bits per heavy atom. The van der Waals surface area contributed by atoms with E-state index in [4.69, 9.17) is 9.97 Å². The van der Waals surface area contributed by atoms with E-state index in [2.05, 4.69) is 222 Å². The normalized spacial score (nSPS) is 11.3. The Bertz CT molecular complexity index is 3480. The molecule has 4 nitrogen and oxygen atoms in total. The van der Waals surface area contributed by atoms with Crippen LogP contribution in [0, 0.1) is 6.92 Å². The van der Waals surface area contributed by atoms with E-state index in [9.17, 15) is 0 Å². The summed E-state index contributed by atoms with van der Waals surface area (Å²) in [6.07, 6.45) is 0. The lowest BCUT2D eigenvalue weighted by molar-refractivity contribution is 0.996. The second-order valence-corrected chi connectivity index (χ2v) is 15.8. The van der Waals surface area contributed by atoms with Crippen molar-refractivity contribution in [2.24, 2.45) is 0 Å². The minimum atomic E-state index is 0.635. The quantitative estimate of drug-likeness (QED) is 0.168. The second-order valence-electron chi connectivity index (χ2n) is 15.8. The monoisotopic (exact) mass is 806 g/mol. The van der Waals surface area contributed by atoms with Gasteiger partial charge in [-0.25, -0.2) is 9.97 Å². The average molecular weight is 807 g/mol. The van der Waals surface area contributed by atoms with Crippen molar-refractivity contribution in [1.82, 2.24) is 19.1 Å². The minimum absolute atomic E-state index is 0.635. The minimum Gasteiger partial charge on any atom is -0.309 e. The van der Waals surface area contributed by atoms with Gasteiger partial charge in [0.2, 0.25) is 5.95 Å². The predicted molar refractivity (Wildman–Crippen MR) is 264 cm³/mol.